The SMILES string of the molecule is Cc1c(/C=N\Nc2ccc(Cl)c(C(=O)O)c2)c(O)[nH]c(=O)c1C#N. The normalized spacial score (nSPS) is 10.5. The minimum atomic E-state index is -1.18. The maximum Gasteiger partial charge on any atom is 0.337 e. The van der Waals surface area contributed by atoms with Crippen molar-refractivity contribution in [1.29, 1.82) is 5.26 Å². The zero-order chi connectivity index (χ0) is 17.9. The quantitative estimate of drug-likeness (QED) is 0.493. The Morgan fingerprint density at radius 2 is 2.21 bits per heavy atom. The number of rotatable bonds is 4. The number of aromatic nitrogens is 1. The van der Waals surface area contributed by atoms with Gasteiger partial charge in [-0.25, -0.2) is 4.79 Å². The Morgan fingerprint density at radius 1 is 1.50 bits per heavy atom. The van der Waals surface area contributed by atoms with Gasteiger partial charge in [-0.1, -0.05) is 11.6 Å². The van der Waals surface area contributed by atoms with E-state index in [4.69, 9.17) is 22.0 Å². The van der Waals surface area contributed by atoms with E-state index in [1.807, 2.05) is 0 Å². The Kier molecular flexibility index (Phi) is 4.87. The van der Waals surface area contributed by atoms with Crippen LogP contribution in [-0.2, 0) is 0 Å². The Bertz CT molecular complexity index is 944. The number of halogens is 1. The standard InChI is InChI=1S/C15H11ClN4O4/c1-7-10(5-17)13(21)19-14(22)11(7)6-18-20-8-2-3-12(16)9(4-8)15(23)24/h2-4,6,20H,1H3,(H,23,24)(H2,19,21,22)/b18-6-. The van der Waals surface area contributed by atoms with E-state index in [0.29, 0.717) is 5.69 Å². The molecule has 0 radical (unpaired) electrons. The summed E-state index contributed by atoms with van der Waals surface area (Å²) in [4.78, 5) is 24.7. The molecular weight excluding hydrogens is 336 g/mol. The number of nitrogens with one attached hydrogen (secondary N) is 2. The number of hydrogen-bond acceptors (Lipinski definition) is 6. The number of aromatic carboxylic acids is 1. The number of H-pyrrole nitrogens is 1. The highest BCUT2D eigenvalue weighted by atomic mass is 35.5. The largest absolute Gasteiger partial charge is 0.494 e. The highest BCUT2D eigenvalue weighted by Gasteiger charge is 2.12. The first kappa shape index (κ1) is 17.1. The molecule has 0 amide bonds. The monoisotopic (exact) mass is 346 g/mol. The van der Waals surface area contributed by atoms with Gasteiger partial charge in [0.05, 0.1) is 28.1 Å². The minimum absolute atomic E-state index is 0.0878. The lowest BCUT2D eigenvalue weighted by molar-refractivity contribution is 0.0697. The van der Waals surface area contributed by atoms with Crippen molar-refractivity contribution >= 4 is 29.5 Å². The Labute approximate surface area is 140 Å². The van der Waals surface area contributed by atoms with Crippen molar-refractivity contribution in [2.75, 3.05) is 5.43 Å². The topological polar surface area (TPSA) is 139 Å². The summed E-state index contributed by atoms with van der Waals surface area (Å²) in [6.07, 6.45) is 1.20. The molecule has 24 heavy (non-hydrogen) atoms. The van der Waals surface area contributed by atoms with E-state index < -0.39 is 17.4 Å². The number of carboxylic acids is 1. The van der Waals surface area contributed by atoms with Crippen molar-refractivity contribution in [2.24, 2.45) is 5.10 Å². The van der Waals surface area contributed by atoms with Crippen molar-refractivity contribution < 1.29 is 15.0 Å². The third-order valence-corrected chi connectivity index (χ3v) is 3.52. The van der Waals surface area contributed by atoms with Crippen LogP contribution in [0.2, 0.25) is 5.02 Å². The molecule has 0 aliphatic heterocycles. The fourth-order valence-electron chi connectivity index (χ4n) is 1.94. The summed E-state index contributed by atoms with van der Waals surface area (Å²) >= 11 is 5.77. The molecule has 0 unspecified atom stereocenters. The van der Waals surface area contributed by atoms with Crippen LogP contribution in [0.5, 0.6) is 5.88 Å². The number of nitrogens with zero attached hydrogens (tertiary/aromatic N) is 2. The van der Waals surface area contributed by atoms with Gasteiger partial charge in [-0.2, -0.15) is 10.4 Å². The molecule has 122 valence electrons. The predicted molar refractivity (Wildman–Crippen MR) is 87.8 cm³/mol. The zero-order valence-electron chi connectivity index (χ0n) is 12.3. The van der Waals surface area contributed by atoms with Gasteiger partial charge in [-0.15, -0.1) is 0 Å². The average Bonchev–Trinajstić information content (AvgIpc) is 2.52. The third kappa shape index (κ3) is 3.37. The predicted octanol–water partition coefficient (Wildman–Crippen LogP) is 2.06. The van der Waals surface area contributed by atoms with Crippen molar-refractivity contribution in [2.45, 2.75) is 6.92 Å². The molecule has 8 nitrogen and oxygen atoms in total. The van der Waals surface area contributed by atoms with Crippen LogP contribution in [0, 0.1) is 18.3 Å². The first-order valence-corrected chi connectivity index (χ1v) is 6.90. The fraction of sp³-hybridized carbons (Fsp3) is 0.0667. The second kappa shape index (κ2) is 6.85. The summed E-state index contributed by atoms with van der Waals surface area (Å²) in [6, 6.07) is 5.96. The first-order chi connectivity index (χ1) is 11.3. The Hall–Kier alpha value is -3.31. The molecule has 0 spiro atoms. The van der Waals surface area contributed by atoms with Crippen molar-refractivity contribution in [3.8, 4) is 11.9 Å². The molecule has 1 heterocycles. The molecule has 0 fully saturated rings. The van der Waals surface area contributed by atoms with Gasteiger partial charge in [0, 0.05) is 0 Å². The molecule has 0 saturated carbocycles. The second-order valence-electron chi connectivity index (χ2n) is 4.70. The number of aromatic amines is 1. The number of hydrazone groups is 1. The maximum absolute atomic E-state index is 11.5. The van der Waals surface area contributed by atoms with Gasteiger partial charge < -0.3 is 10.2 Å². The summed E-state index contributed by atoms with van der Waals surface area (Å²) in [5.74, 6) is -1.61. The van der Waals surface area contributed by atoms with Gasteiger partial charge in [0.15, 0.2) is 0 Å². The van der Waals surface area contributed by atoms with E-state index >= 15 is 0 Å². The molecular formula is C15H11ClN4O4. The maximum atomic E-state index is 11.5. The van der Waals surface area contributed by atoms with Crippen LogP contribution in [0.1, 0.15) is 27.0 Å². The lowest BCUT2D eigenvalue weighted by Gasteiger charge is -2.06. The van der Waals surface area contributed by atoms with Gasteiger partial charge in [0.25, 0.3) is 5.56 Å². The molecule has 0 aliphatic rings. The number of nitriles is 1. The summed E-state index contributed by atoms with van der Waals surface area (Å²) in [5, 5.41) is 31.7. The summed E-state index contributed by atoms with van der Waals surface area (Å²) < 4.78 is 0. The molecule has 9 heteroatoms. The number of hydrogen-bond donors (Lipinski definition) is 4. The van der Waals surface area contributed by atoms with Crippen LogP contribution in [-0.4, -0.2) is 27.4 Å². The number of benzene rings is 1. The van der Waals surface area contributed by atoms with E-state index in [2.05, 4.69) is 15.5 Å². The van der Waals surface area contributed by atoms with Crippen LogP contribution in [0.25, 0.3) is 0 Å². The second-order valence-corrected chi connectivity index (χ2v) is 5.11. The Morgan fingerprint density at radius 3 is 2.83 bits per heavy atom. The van der Waals surface area contributed by atoms with Crippen LogP contribution >= 0.6 is 11.6 Å². The minimum Gasteiger partial charge on any atom is -0.494 e. The fourth-order valence-corrected chi connectivity index (χ4v) is 2.14. The van der Waals surface area contributed by atoms with Crippen LogP contribution in [0.15, 0.2) is 28.1 Å². The highest BCUT2D eigenvalue weighted by molar-refractivity contribution is 6.33. The lowest BCUT2D eigenvalue weighted by atomic mass is 10.1. The van der Waals surface area contributed by atoms with Gasteiger partial charge in [0.2, 0.25) is 5.88 Å². The molecule has 2 aromatic rings. The number of aromatic hydroxyl groups is 1. The summed E-state index contributed by atoms with van der Waals surface area (Å²) in [6.45, 7) is 1.50. The van der Waals surface area contributed by atoms with E-state index in [-0.39, 0.29) is 27.3 Å². The van der Waals surface area contributed by atoms with Gasteiger partial charge in [-0.3, -0.25) is 15.2 Å². The molecule has 0 aliphatic carbocycles. The molecule has 2 rings (SSSR count). The number of anilines is 1. The number of pyridine rings is 1. The van der Waals surface area contributed by atoms with Crippen LogP contribution < -0.4 is 11.0 Å². The van der Waals surface area contributed by atoms with Crippen LogP contribution in [0.4, 0.5) is 5.69 Å². The van der Waals surface area contributed by atoms with Crippen molar-refractivity contribution in [1.82, 2.24) is 4.98 Å². The molecule has 4 N–H and O–H groups in total. The molecule has 0 saturated heterocycles. The third-order valence-electron chi connectivity index (χ3n) is 3.19. The smallest absolute Gasteiger partial charge is 0.337 e. The average molecular weight is 347 g/mol. The van der Waals surface area contributed by atoms with E-state index in [1.54, 1.807) is 6.07 Å². The van der Waals surface area contributed by atoms with Gasteiger partial charge in [-0.05, 0) is 30.7 Å². The highest BCUT2D eigenvalue weighted by Crippen LogP contribution is 2.21. The molecule has 0 atom stereocenters. The Balaban J connectivity index is 2.31. The zero-order valence-corrected chi connectivity index (χ0v) is 13.0. The summed E-state index contributed by atoms with van der Waals surface area (Å²) in [5.41, 5.74) is 2.45. The van der Waals surface area contributed by atoms with Crippen LogP contribution in [0.3, 0.4) is 0 Å². The number of carbonyl (C=O) groups is 1. The van der Waals surface area contributed by atoms with Gasteiger partial charge in [0.1, 0.15) is 11.6 Å². The van der Waals surface area contributed by atoms with E-state index in [1.165, 1.54) is 31.3 Å². The van der Waals surface area contributed by atoms with Crippen molar-refractivity contribution in [3.05, 3.63) is 55.8 Å². The summed E-state index contributed by atoms with van der Waals surface area (Å²) in [7, 11) is 0. The molecule has 1 aromatic carbocycles. The van der Waals surface area contributed by atoms with E-state index in [0.717, 1.165) is 0 Å². The van der Waals surface area contributed by atoms with Crippen molar-refractivity contribution in [3.63, 3.8) is 0 Å². The van der Waals surface area contributed by atoms with E-state index in [9.17, 15) is 14.7 Å². The molecule has 1 aromatic heterocycles. The van der Waals surface area contributed by atoms with Gasteiger partial charge >= 0.3 is 5.97 Å². The molecule has 0 bridgehead atoms. The lowest BCUT2D eigenvalue weighted by Crippen LogP contribution is -2.14. The first-order valence-electron chi connectivity index (χ1n) is 6.53. The number of carboxylic acid groups (broad SMARTS) is 1.